The molecular weight excluding hydrogens is 398 g/mol. The number of amides is 1. The molecule has 2 aliphatic heterocycles. The highest BCUT2D eigenvalue weighted by molar-refractivity contribution is 7.89. The normalized spacial score (nSPS) is 17.6. The molecule has 1 amide bonds. The first-order valence-corrected chi connectivity index (χ1v) is 12.3. The van der Waals surface area contributed by atoms with Gasteiger partial charge < -0.3 is 9.80 Å². The summed E-state index contributed by atoms with van der Waals surface area (Å²) in [6.45, 7) is 4.47. The van der Waals surface area contributed by atoms with E-state index < -0.39 is 10.0 Å². The molecule has 6 nitrogen and oxygen atoms in total. The minimum atomic E-state index is -3.19. The van der Waals surface area contributed by atoms with Crippen LogP contribution in [0.3, 0.4) is 0 Å². The molecule has 0 aromatic heterocycles. The third-order valence-corrected chi connectivity index (χ3v) is 7.57. The van der Waals surface area contributed by atoms with Crippen molar-refractivity contribution >= 4 is 21.6 Å². The van der Waals surface area contributed by atoms with Crippen molar-refractivity contribution in [3.63, 3.8) is 0 Å². The number of carbonyl (C=O) groups is 1. The fourth-order valence-electron chi connectivity index (χ4n) is 4.35. The summed E-state index contributed by atoms with van der Waals surface area (Å²) in [6.07, 6.45) is 2.35. The van der Waals surface area contributed by atoms with E-state index in [2.05, 4.69) is 27.8 Å². The molecule has 7 heteroatoms. The Morgan fingerprint density at radius 1 is 1.00 bits per heavy atom. The van der Waals surface area contributed by atoms with E-state index in [4.69, 9.17) is 0 Å². The van der Waals surface area contributed by atoms with Gasteiger partial charge in [-0.05, 0) is 49.4 Å². The summed E-state index contributed by atoms with van der Waals surface area (Å²) in [5, 5.41) is 0. The van der Waals surface area contributed by atoms with Crippen molar-refractivity contribution in [1.82, 2.24) is 9.62 Å². The van der Waals surface area contributed by atoms with Crippen molar-refractivity contribution in [2.75, 3.05) is 30.3 Å². The maximum absolute atomic E-state index is 13.4. The SMILES string of the molecule is CCS(=O)(=O)NC1CCN(c2ccccc2C(=O)N2CCc3ccccc3C2)CC1. The Morgan fingerprint density at radius 3 is 2.40 bits per heavy atom. The fraction of sp³-hybridized carbons (Fsp3) is 0.435. The number of hydrogen-bond donors (Lipinski definition) is 1. The summed E-state index contributed by atoms with van der Waals surface area (Å²) < 4.78 is 26.5. The van der Waals surface area contributed by atoms with Crippen LogP contribution in [0.1, 0.15) is 41.3 Å². The number of nitrogens with zero attached hydrogens (tertiary/aromatic N) is 2. The monoisotopic (exact) mass is 427 g/mol. The molecule has 160 valence electrons. The van der Waals surface area contributed by atoms with E-state index in [-0.39, 0.29) is 17.7 Å². The van der Waals surface area contributed by atoms with Crippen LogP contribution < -0.4 is 9.62 Å². The summed E-state index contributed by atoms with van der Waals surface area (Å²) in [6, 6.07) is 16.1. The number of rotatable bonds is 5. The Balaban J connectivity index is 1.47. The molecule has 30 heavy (non-hydrogen) atoms. The third kappa shape index (κ3) is 4.52. The van der Waals surface area contributed by atoms with E-state index in [1.54, 1.807) is 6.92 Å². The highest BCUT2D eigenvalue weighted by Gasteiger charge is 2.27. The van der Waals surface area contributed by atoms with Crippen LogP contribution in [0.15, 0.2) is 48.5 Å². The predicted octanol–water partition coefficient (Wildman–Crippen LogP) is 2.79. The summed E-state index contributed by atoms with van der Waals surface area (Å²) in [4.78, 5) is 17.5. The van der Waals surface area contributed by atoms with E-state index in [9.17, 15) is 13.2 Å². The zero-order chi connectivity index (χ0) is 21.1. The molecule has 0 atom stereocenters. The van der Waals surface area contributed by atoms with Crippen molar-refractivity contribution in [3.8, 4) is 0 Å². The molecule has 0 bridgehead atoms. The lowest BCUT2D eigenvalue weighted by Crippen LogP contribution is -2.45. The number of hydrogen-bond acceptors (Lipinski definition) is 4. The lowest BCUT2D eigenvalue weighted by Gasteiger charge is -2.36. The van der Waals surface area contributed by atoms with Crippen molar-refractivity contribution < 1.29 is 13.2 Å². The third-order valence-electron chi connectivity index (χ3n) is 6.11. The van der Waals surface area contributed by atoms with Crippen molar-refractivity contribution in [3.05, 3.63) is 65.2 Å². The summed E-state index contributed by atoms with van der Waals surface area (Å²) in [5.74, 6) is 0.165. The second-order valence-corrected chi connectivity index (χ2v) is 10.1. The number of fused-ring (bicyclic) bond motifs is 1. The highest BCUT2D eigenvalue weighted by atomic mass is 32.2. The van der Waals surface area contributed by atoms with Crippen LogP contribution in [0.2, 0.25) is 0 Å². The first-order chi connectivity index (χ1) is 14.5. The minimum absolute atomic E-state index is 0.0346. The van der Waals surface area contributed by atoms with E-state index in [1.165, 1.54) is 11.1 Å². The zero-order valence-corrected chi connectivity index (χ0v) is 18.2. The molecule has 2 aromatic carbocycles. The largest absolute Gasteiger partial charge is 0.371 e. The smallest absolute Gasteiger partial charge is 0.256 e. The van der Waals surface area contributed by atoms with Gasteiger partial charge in [0.05, 0.1) is 11.3 Å². The number of anilines is 1. The van der Waals surface area contributed by atoms with Crippen LogP contribution in [0.5, 0.6) is 0 Å². The van der Waals surface area contributed by atoms with Crippen LogP contribution in [-0.4, -0.2) is 50.7 Å². The van der Waals surface area contributed by atoms with E-state index >= 15 is 0 Å². The Bertz CT molecular complexity index is 1010. The molecular formula is C23H29N3O3S. The molecule has 2 aliphatic rings. The van der Waals surface area contributed by atoms with Crippen LogP contribution in [0.25, 0.3) is 0 Å². The molecule has 0 saturated carbocycles. The molecule has 2 heterocycles. The lowest BCUT2D eigenvalue weighted by molar-refractivity contribution is 0.0735. The first-order valence-electron chi connectivity index (χ1n) is 10.7. The van der Waals surface area contributed by atoms with Gasteiger partial charge in [-0.3, -0.25) is 4.79 Å². The summed E-state index contributed by atoms with van der Waals surface area (Å²) >= 11 is 0. The molecule has 0 spiro atoms. The number of nitrogens with one attached hydrogen (secondary N) is 1. The first kappa shape index (κ1) is 20.9. The Hall–Kier alpha value is -2.38. The van der Waals surface area contributed by atoms with Crippen LogP contribution in [0.4, 0.5) is 5.69 Å². The van der Waals surface area contributed by atoms with Crippen LogP contribution >= 0.6 is 0 Å². The van der Waals surface area contributed by atoms with Gasteiger partial charge in [0.2, 0.25) is 10.0 Å². The second kappa shape index (κ2) is 8.78. The van der Waals surface area contributed by atoms with Gasteiger partial charge in [0.15, 0.2) is 0 Å². The predicted molar refractivity (Wildman–Crippen MR) is 119 cm³/mol. The van der Waals surface area contributed by atoms with Crippen molar-refractivity contribution in [2.45, 2.75) is 38.8 Å². The number of carbonyl (C=O) groups excluding carboxylic acids is 1. The van der Waals surface area contributed by atoms with Gasteiger partial charge in [-0.2, -0.15) is 0 Å². The van der Waals surface area contributed by atoms with Gasteiger partial charge in [-0.25, -0.2) is 13.1 Å². The Kier molecular flexibility index (Phi) is 6.11. The lowest BCUT2D eigenvalue weighted by atomic mass is 9.98. The fourth-order valence-corrected chi connectivity index (χ4v) is 5.26. The van der Waals surface area contributed by atoms with E-state index in [0.717, 1.165) is 50.1 Å². The number of piperidine rings is 1. The van der Waals surface area contributed by atoms with E-state index in [1.807, 2.05) is 35.2 Å². The number of sulfonamides is 1. The summed E-state index contributed by atoms with van der Waals surface area (Å²) in [5.41, 5.74) is 4.22. The maximum Gasteiger partial charge on any atom is 0.256 e. The molecule has 0 aliphatic carbocycles. The second-order valence-electron chi connectivity index (χ2n) is 8.05. The maximum atomic E-state index is 13.4. The molecule has 1 saturated heterocycles. The topological polar surface area (TPSA) is 69.7 Å². The average molecular weight is 428 g/mol. The molecule has 1 fully saturated rings. The zero-order valence-electron chi connectivity index (χ0n) is 17.4. The van der Waals surface area contributed by atoms with Crippen LogP contribution in [-0.2, 0) is 23.0 Å². The number of para-hydroxylation sites is 1. The Labute approximate surface area is 178 Å². The van der Waals surface area contributed by atoms with Gasteiger partial charge in [-0.1, -0.05) is 36.4 Å². The number of benzene rings is 2. The quantitative estimate of drug-likeness (QED) is 0.797. The molecule has 0 unspecified atom stereocenters. The molecule has 1 N–H and O–H groups in total. The van der Waals surface area contributed by atoms with Gasteiger partial charge in [0, 0.05) is 37.9 Å². The van der Waals surface area contributed by atoms with Crippen LogP contribution in [0, 0.1) is 0 Å². The van der Waals surface area contributed by atoms with Gasteiger partial charge >= 0.3 is 0 Å². The minimum Gasteiger partial charge on any atom is -0.371 e. The molecule has 2 aromatic rings. The Morgan fingerprint density at radius 2 is 1.67 bits per heavy atom. The average Bonchev–Trinajstić information content (AvgIpc) is 2.78. The van der Waals surface area contributed by atoms with Gasteiger partial charge in [-0.15, -0.1) is 0 Å². The molecule has 4 rings (SSSR count). The van der Waals surface area contributed by atoms with Crippen molar-refractivity contribution in [2.24, 2.45) is 0 Å². The summed E-state index contributed by atoms with van der Waals surface area (Å²) in [7, 11) is -3.19. The van der Waals surface area contributed by atoms with Gasteiger partial charge in [0.1, 0.15) is 0 Å². The van der Waals surface area contributed by atoms with Crippen molar-refractivity contribution in [1.29, 1.82) is 0 Å². The standard InChI is InChI=1S/C23H29N3O3S/c1-2-30(28,29)24-20-12-15-25(16-13-20)22-10-6-5-9-21(22)23(27)26-14-11-18-7-3-4-8-19(18)17-26/h3-10,20,24H,2,11-17H2,1H3. The highest BCUT2D eigenvalue weighted by Crippen LogP contribution is 2.28. The van der Waals surface area contributed by atoms with Gasteiger partial charge in [0.25, 0.3) is 5.91 Å². The molecule has 0 radical (unpaired) electrons. The van der Waals surface area contributed by atoms with E-state index in [0.29, 0.717) is 6.54 Å².